The summed E-state index contributed by atoms with van der Waals surface area (Å²) in [6.07, 6.45) is 5.42. The van der Waals surface area contributed by atoms with Gasteiger partial charge in [0.1, 0.15) is 0 Å². The van der Waals surface area contributed by atoms with E-state index in [1.165, 1.54) is 0 Å². The summed E-state index contributed by atoms with van der Waals surface area (Å²) in [5, 5.41) is 0. The third-order valence-electron chi connectivity index (χ3n) is 8.91. The van der Waals surface area contributed by atoms with E-state index in [1.54, 1.807) is 0 Å². The summed E-state index contributed by atoms with van der Waals surface area (Å²) in [4.78, 5) is 26.8. The molecule has 3 unspecified atom stereocenters. The SMILES string of the molecule is C=C1C(=O)C23CC[C@H]1CC2[C@@]12CCC[C@@](C)(COC1=O)C2C[C@H]3OS(C)(=O)=O. The van der Waals surface area contributed by atoms with Crippen LogP contribution in [0.3, 0.4) is 0 Å². The van der Waals surface area contributed by atoms with Gasteiger partial charge in [-0.15, -0.1) is 0 Å². The van der Waals surface area contributed by atoms with Gasteiger partial charge in [0, 0.05) is 5.41 Å². The summed E-state index contributed by atoms with van der Waals surface area (Å²) in [6.45, 7) is 6.55. The quantitative estimate of drug-likeness (QED) is 0.397. The second-order valence-corrected chi connectivity index (χ2v) is 11.7. The number of ketones is 1. The van der Waals surface area contributed by atoms with E-state index in [2.05, 4.69) is 13.5 Å². The molecule has 5 aliphatic carbocycles. The van der Waals surface area contributed by atoms with Crippen LogP contribution in [0, 0.1) is 34.0 Å². The van der Waals surface area contributed by atoms with Crippen LogP contribution in [0.4, 0.5) is 0 Å². The zero-order chi connectivity index (χ0) is 20.1. The fraction of sp³-hybridized carbons (Fsp3) is 0.810. The molecular weight excluding hydrogens is 380 g/mol. The first-order valence-electron chi connectivity index (χ1n) is 10.3. The number of allylic oxidation sites excluding steroid dienone is 1. The number of carbonyl (C=O) groups is 2. The lowest BCUT2D eigenvalue weighted by atomic mass is 9.35. The third kappa shape index (κ3) is 2.10. The lowest BCUT2D eigenvalue weighted by molar-refractivity contribution is -0.251. The van der Waals surface area contributed by atoms with Gasteiger partial charge in [-0.2, -0.15) is 8.42 Å². The fourth-order valence-electron chi connectivity index (χ4n) is 7.83. The van der Waals surface area contributed by atoms with E-state index >= 15 is 0 Å². The number of cyclic esters (lactones) is 1. The van der Waals surface area contributed by atoms with Crippen molar-refractivity contribution in [2.75, 3.05) is 12.9 Å². The minimum Gasteiger partial charge on any atom is -0.465 e. The summed E-state index contributed by atoms with van der Waals surface area (Å²) >= 11 is 0. The number of rotatable bonds is 2. The zero-order valence-corrected chi connectivity index (χ0v) is 17.3. The van der Waals surface area contributed by atoms with Gasteiger partial charge in [0.2, 0.25) is 0 Å². The Balaban J connectivity index is 1.72. The topological polar surface area (TPSA) is 86.7 Å². The monoisotopic (exact) mass is 408 g/mol. The van der Waals surface area contributed by atoms with Crippen molar-refractivity contribution in [3.05, 3.63) is 12.2 Å². The average molecular weight is 409 g/mol. The molecule has 4 bridgehead atoms. The highest BCUT2D eigenvalue weighted by Crippen LogP contribution is 2.73. The van der Waals surface area contributed by atoms with Crippen molar-refractivity contribution in [2.24, 2.45) is 34.0 Å². The molecule has 0 aromatic rings. The minimum absolute atomic E-state index is 0.0159. The van der Waals surface area contributed by atoms with Gasteiger partial charge in [0.15, 0.2) is 5.78 Å². The van der Waals surface area contributed by atoms with Crippen molar-refractivity contribution in [1.82, 2.24) is 0 Å². The molecule has 6 nitrogen and oxygen atoms in total. The molecule has 28 heavy (non-hydrogen) atoms. The van der Waals surface area contributed by atoms with Crippen molar-refractivity contribution in [1.29, 1.82) is 0 Å². The first kappa shape index (κ1) is 18.8. The Hall–Kier alpha value is -1.21. The molecule has 0 radical (unpaired) electrons. The van der Waals surface area contributed by atoms with E-state index in [0.717, 1.165) is 31.9 Å². The second kappa shape index (κ2) is 5.48. The molecule has 6 aliphatic rings. The largest absolute Gasteiger partial charge is 0.465 e. The number of hydrogen-bond donors (Lipinski definition) is 0. The van der Waals surface area contributed by atoms with Crippen LogP contribution in [-0.4, -0.2) is 39.1 Å². The molecule has 5 saturated carbocycles. The summed E-state index contributed by atoms with van der Waals surface area (Å²) in [6, 6.07) is 0. The molecule has 6 rings (SSSR count). The lowest BCUT2D eigenvalue weighted by Crippen LogP contribution is -2.73. The first-order chi connectivity index (χ1) is 13.0. The van der Waals surface area contributed by atoms with Gasteiger partial charge < -0.3 is 4.74 Å². The van der Waals surface area contributed by atoms with E-state index in [1.807, 2.05) is 0 Å². The van der Waals surface area contributed by atoms with Gasteiger partial charge in [-0.1, -0.05) is 19.9 Å². The molecule has 6 fully saturated rings. The molecule has 0 aromatic carbocycles. The van der Waals surface area contributed by atoms with Gasteiger partial charge in [-0.05, 0) is 61.9 Å². The summed E-state index contributed by atoms with van der Waals surface area (Å²) in [5.41, 5.74) is -1.27. The second-order valence-electron chi connectivity index (χ2n) is 10.1. The maximum Gasteiger partial charge on any atom is 0.312 e. The standard InChI is InChI=1S/C21H28O6S/c1-12-13-5-8-21(17(12)22)15(9-13)20-7-4-6-19(2,11-26-18(20)23)14(20)10-16(21)27-28(3,24)25/h13-16H,1,4-11H2,2-3H3/t13-,14?,15?,16+,19-,20-,21?/m0/s1. The molecule has 7 atom stereocenters. The average Bonchev–Trinajstić information content (AvgIpc) is 2.62. The predicted octanol–water partition coefficient (Wildman–Crippen LogP) is 2.63. The molecule has 1 aliphatic heterocycles. The highest BCUT2D eigenvalue weighted by atomic mass is 32.2. The molecule has 0 amide bonds. The van der Waals surface area contributed by atoms with Crippen LogP contribution in [0.2, 0.25) is 0 Å². The highest BCUT2D eigenvalue weighted by Gasteiger charge is 2.76. The van der Waals surface area contributed by atoms with Gasteiger partial charge in [0.25, 0.3) is 10.1 Å². The van der Waals surface area contributed by atoms with Crippen LogP contribution in [0.15, 0.2) is 12.2 Å². The molecule has 0 N–H and O–H groups in total. The Kier molecular flexibility index (Phi) is 3.68. The zero-order valence-electron chi connectivity index (χ0n) is 16.5. The summed E-state index contributed by atoms with van der Waals surface area (Å²) in [5.74, 6) is -0.420. The Morgan fingerprint density at radius 1 is 1.11 bits per heavy atom. The Morgan fingerprint density at radius 3 is 2.57 bits per heavy atom. The number of fused-ring (bicyclic) bond motifs is 2. The Morgan fingerprint density at radius 2 is 1.86 bits per heavy atom. The maximum absolute atomic E-state index is 13.5. The van der Waals surface area contributed by atoms with Crippen molar-refractivity contribution >= 4 is 21.9 Å². The van der Waals surface area contributed by atoms with Crippen LogP contribution in [0.5, 0.6) is 0 Å². The van der Waals surface area contributed by atoms with Gasteiger partial charge in [-0.25, -0.2) is 0 Å². The van der Waals surface area contributed by atoms with Crippen molar-refractivity contribution in [3.63, 3.8) is 0 Å². The Bertz CT molecular complexity index is 893. The van der Waals surface area contributed by atoms with Crippen LogP contribution >= 0.6 is 0 Å². The molecule has 1 heterocycles. The van der Waals surface area contributed by atoms with Crippen molar-refractivity contribution < 1.29 is 26.9 Å². The van der Waals surface area contributed by atoms with E-state index in [4.69, 9.17) is 8.92 Å². The predicted molar refractivity (Wildman–Crippen MR) is 101 cm³/mol. The highest BCUT2D eigenvalue weighted by molar-refractivity contribution is 7.86. The smallest absolute Gasteiger partial charge is 0.312 e. The molecule has 7 heteroatoms. The lowest BCUT2D eigenvalue weighted by Gasteiger charge is -2.69. The van der Waals surface area contributed by atoms with E-state index in [9.17, 15) is 18.0 Å². The van der Waals surface area contributed by atoms with Crippen molar-refractivity contribution in [2.45, 2.75) is 58.0 Å². The number of ether oxygens (including phenoxy) is 1. The molecule has 1 saturated heterocycles. The number of esters is 1. The molecular formula is C21H28O6S. The summed E-state index contributed by atoms with van der Waals surface area (Å²) in [7, 11) is -3.74. The van der Waals surface area contributed by atoms with Crippen LogP contribution in [0.1, 0.15) is 51.9 Å². The summed E-state index contributed by atoms with van der Waals surface area (Å²) < 4.78 is 35.6. The van der Waals surface area contributed by atoms with Gasteiger partial charge in [-0.3, -0.25) is 13.8 Å². The van der Waals surface area contributed by atoms with E-state index in [-0.39, 0.29) is 34.9 Å². The minimum atomic E-state index is -3.74. The number of hydrogen-bond acceptors (Lipinski definition) is 6. The molecule has 0 aromatic heterocycles. The molecule has 154 valence electrons. The van der Waals surface area contributed by atoms with Crippen LogP contribution in [-0.2, 0) is 28.6 Å². The first-order valence-corrected chi connectivity index (χ1v) is 12.2. The van der Waals surface area contributed by atoms with Crippen LogP contribution < -0.4 is 0 Å². The van der Waals surface area contributed by atoms with Gasteiger partial charge in [0.05, 0.1) is 29.8 Å². The van der Waals surface area contributed by atoms with Crippen molar-refractivity contribution in [3.8, 4) is 0 Å². The van der Waals surface area contributed by atoms with E-state index in [0.29, 0.717) is 31.4 Å². The third-order valence-corrected chi connectivity index (χ3v) is 9.49. The fourth-order valence-corrected chi connectivity index (χ4v) is 8.50. The normalized spacial score (nSPS) is 50.0. The Labute approximate surface area is 166 Å². The van der Waals surface area contributed by atoms with Gasteiger partial charge >= 0.3 is 5.97 Å². The maximum atomic E-state index is 13.5. The van der Waals surface area contributed by atoms with E-state index < -0.39 is 27.1 Å². The molecule has 1 spiro atoms. The number of Topliss-reactive ketones (excluding diaryl/α,β-unsaturated/α-hetero) is 1. The van der Waals surface area contributed by atoms with Crippen LogP contribution in [0.25, 0.3) is 0 Å². The number of carbonyl (C=O) groups excluding carboxylic acids is 2.